The Hall–Kier alpha value is -1.44. The van der Waals surface area contributed by atoms with Crippen LogP contribution < -0.4 is 10.6 Å². The Balaban J connectivity index is 1.73. The maximum absolute atomic E-state index is 12.2. The standard InChI is InChI=1S/C19H29BrN4O2/c1-14-5-6-15(11-16(14)20)21-17(25)12-23-7-9-24(10-8-23)13-18(26)22-19(2,3)4/h5-6,11H,7-10,12-13H2,1-4H3,(H,21,25)(H,22,26). The molecule has 0 spiro atoms. The van der Waals surface area contributed by atoms with Crippen LogP contribution in [-0.4, -0.2) is 66.4 Å². The lowest BCUT2D eigenvalue weighted by Crippen LogP contribution is -2.52. The molecule has 0 aromatic heterocycles. The van der Waals surface area contributed by atoms with E-state index < -0.39 is 0 Å². The second kappa shape index (κ2) is 8.97. The minimum absolute atomic E-state index is 0.0142. The molecule has 144 valence electrons. The fraction of sp³-hybridized carbons (Fsp3) is 0.579. The van der Waals surface area contributed by atoms with Crippen LogP contribution in [0.5, 0.6) is 0 Å². The molecule has 6 nitrogen and oxygen atoms in total. The molecular formula is C19H29BrN4O2. The molecule has 1 aliphatic rings. The molecule has 0 aliphatic carbocycles. The molecule has 2 N–H and O–H groups in total. The van der Waals surface area contributed by atoms with Gasteiger partial charge >= 0.3 is 0 Å². The topological polar surface area (TPSA) is 64.7 Å². The van der Waals surface area contributed by atoms with Crippen LogP contribution >= 0.6 is 15.9 Å². The van der Waals surface area contributed by atoms with Gasteiger partial charge in [-0.15, -0.1) is 0 Å². The summed E-state index contributed by atoms with van der Waals surface area (Å²) in [7, 11) is 0. The summed E-state index contributed by atoms with van der Waals surface area (Å²) in [6.07, 6.45) is 0. The zero-order chi connectivity index (χ0) is 19.3. The summed E-state index contributed by atoms with van der Waals surface area (Å²) in [6, 6.07) is 5.80. The maximum Gasteiger partial charge on any atom is 0.238 e. The van der Waals surface area contributed by atoms with E-state index in [1.54, 1.807) is 0 Å². The minimum atomic E-state index is -0.206. The second-order valence-electron chi connectivity index (χ2n) is 7.86. The summed E-state index contributed by atoms with van der Waals surface area (Å²) in [6.45, 7) is 11.9. The highest BCUT2D eigenvalue weighted by atomic mass is 79.9. The first-order valence-electron chi connectivity index (χ1n) is 8.94. The lowest BCUT2D eigenvalue weighted by Gasteiger charge is -2.34. The molecule has 7 heteroatoms. The summed E-state index contributed by atoms with van der Waals surface area (Å²) in [5.74, 6) is 0.0355. The van der Waals surface area contributed by atoms with Crippen LogP contribution in [0.4, 0.5) is 5.69 Å². The van der Waals surface area contributed by atoms with Crippen molar-refractivity contribution in [2.45, 2.75) is 33.2 Å². The van der Waals surface area contributed by atoms with Gasteiger partial charge in [-0.1, -0.05) is 22.0 Å². The van der Waals surface area contributed by atoms with Crippen LogP contribution in [0.3, 0.4) is 0 Å². The van der Waals surface area contributed by atoms with E-state index in [1.807, 2.05) is 45.9 Å². The number of aryl methyl sites for hydroxylation is 1. The number of anilines is 1. The van der Waals surface area contributed by atoms with Crippen molar-refractivity contribution in [2.75, 3.05) is 44.6 Å². The Morgan fingerprint density at radius 1 is 1.04 bits per heavy atom. The van der Waals surface area contributed by atoms with Gasteiger partial charge < -0.3 is 10.6 Å². The van der Waals surface area contributed by atoms with Crippen molar-refractivity contribution in [1.29, 1.82) is 0 Å². The number of rotatable bonds is 5. The number of carbonyl (C=O) groups excluding carboxylic acids is 2. The van der Waals surface area contributed by atoms with Gasteiger partial charge in [-0.3, -0.25) is 19.4 Å². The average molecular weight is 425 g/mol. The molecule has 0 bridgehead atoms. The van der Waals surface area contributed by atoms with Crippen LogP contribution in [0, 0.1) is 6.92 Å². The Morgan fingerprint density at radius 3 is 2.08 bits per heavy atom. The molecule has 0 atom stereocenters. The van der Waals surface area contributed by atoms with Crippen LogP contribution in [-0.2, 0) is 9.59 Å². The Bertz CT molecular complexity index is 649. The van der Waals surface area contributed by atoms with Gasteiger partial charge in [0.25, 0.3) is 0 Å². The number of hydrogen-bond donors (Lipinski definition) is 2. The van der Waals surface area contributed by atoms with Crippen molar-refractivity contribution in [3.8, 4) is 0 Å². The predicted molar refractivity (Wildman–Crippen MR) is 108 cm³/mol. The number of nitrogens with one attached hydrogen (secondary N) is 2. The maximum atomic E-state index is 12.2. The highest BCUT2D eigenvalue weighted by Gasteiger charge is 2.22. The normalized spacial score (nSPS) is 16.3. The van der Waals surface area contributed by atoms with Crippen LogP contribution in [0.15, 0.2) is 22.7 Å². The van der Waals surface area contributed by atoms with Crippen molar-refractivity contribution in [2.24, 2.45) is 0 Å². The molecule has 1 aliphatic heterocycles. The van der Waals surface area contributed by atoms with Gasteiger partial charge in [-0.25, -0.2) is 0 Å². The number of benzene rings is 1. The molecule has 1 heterocycles. The summed E-state index contributed by atoms with van der Waals surface area (Å²) in [5.41, 5.74) is 1.72. The van der Waals surface area contributed by atoms with E-state index in [-0.39, 0.29) is 17.4 Å². The molecular weight excluding hydrogens is 396 g/mol. The SMILES string of the molecule is Cc1ccc(NC(=O)CN2CCN(CC(=O)NC(C)(C)C)CC2)cc1Br. The molecule has 1 aromatic rings. The molecule has 0 unspecified atom stereocenters. The summed E-state index contributed by atoms with van der Waals surface area (Å²) < 4.78 is 0.984. The van der Waals surface area contributed by atoms with E-state index in [2.05, 4.69) is 36.4 Å². The van der Waals surface area contributed by atoms with Gasteiger partial charge in [0, 0.05) is 41.9 Å². The highest BCUT2D eigenvalue weighted by molar-refractivity contribution is 9.10. The predicted octanol–water partition coefficient (Wildman–Crippen LogP) is 2.23. The molecule has 2 rings (SSSR count). The van der Waals surface area contributed by atoms with Crippen molar-refractivity contribution in [1.82, 2.24) is 15.1 Å². The summed E-state index contributed by atoms with van der Waals surface area (Å²) >= 11 is 3.48. The third kappa shape index (κ3) is 7.05. The smallest absolute Gasteiger partial charge is 0.238 e. The van der Waals surface area contributed by atoms with E-state index >= 15 is 0 Å². The largest absolute Gasteiger partial charge is 0.350 e. The van der Waals surface area contributed by atoms with Gasteiger partial charge in [0.15, 0.2) is 0 Å². The van der Waals surface area contributed by atoms with Gasteiger partial charge in [0.1, 0.15) is 0 Å². The number of hydrogen-bond acceptors (Lipinski definition) is 4. The third-order valence-corrected chi connectivity index (χ3v) is 5.02. The molecule has 26 heavy (non-hydrogen) atoms. The lowest BCUT2D eigenvalue weighted by molar-refractivity contribution is -0.124. The molecule has 1 fully saturated rings. The first kappa shape index (κ1) is 20.9. The third-order valence-electron chi connectivity index (χ3n) is 4.17. The monoisotopic (exact) mass is 424 g/mol. The molecule has 1 aromatic carbocycles. The molecule has 2 amide bonds. The number of carbonyl (C=O) groups is 2. The Kier molecular flexibility index (Phi) is 7.20. The van der Waals surface area contributed by atoms with Gasteiger partial charge in [0.05, 0.1) is 13.1 Å². The number of nitrogens with zero attached hydrogens (tertiary/aromatic N) is 2. The number of piperazine rings is 1. The summed E-state index contributed by atoms with van der Waals surface area (Å²) in [5, 5.41) is 5.92. The van der Waals surface area contributed by atoms with E-state index in [0.29, 0.717) is 13.1 Å². The first-order chi connectivity index (χ1) is 12.1. The molecule has 0 radical (unpaired) electrons. The minimum Gasteiger partial charge on any atom is -0.350 e. The van der Waals surface area contributed by atoms with E-state index in [4.69, 9.17) is 0 Å². The van der Waals surface area contributed by atoms with Gasteiger partial charge in [-0.05, 0) is 45.4 Å². The fourth-order valence-electron chi connectivity index (χ4n) is 2.84. The quantitative estimate of drug-likeness (QED) is 0.760. The van der Waals surface area contributed by atoms with E-state index in [1.165, 1.54) is 0 Å². The number of halogens is 1. The first-order valence-corrected chi connectivity index (χ1v) is 9.73. The zero-order valence-corrected chi connectivity index (χ0v) is 17.6. The number of amides is 2. The van der Waals surface area contributed by atoms with Crippen LogP contribution in [0.25, 0.3) is 0 Å². The van der Waals surface area contributed by atoms with Crippen molar-refractivity contribution < 1.29 is 9.59 Å². The average Bonchev–Trinajstić information content (AvgIpc) is 2.51. The zero-order valence-electron chi connectivity index (χ0n) is 16.1. The highest BCUT2D eigenvalue weighted by Crippen LogP contribution is 2.20. The van der Waals surface area contributed by atoms with Crippen molar-refractivity contribution >= 4 is 33.4 Å². The van der Waals surface area contributed by atoms with E-state index in [0.717, 1.165) is 41.9 Å². The second-order valence-corrected chi connectivity index (χ2v) is 8.72. The van der Waals surface area contributed by atoms with Crippen molar-refractivity contribution in [3.05, 3.63) is 28.2 Å². The Morgan fingerprint density at radius 2 is 1.58 bits per heavy atom. The van der Waals surface area contributed by atoms with Crippen LogP contribution in [0.2, 0.25) is 0 Å². The van der Waals surface area contributed by atoms with Crippen molar-refractivity contribution in [3.63, 3.8) is 0 Å². The Labute approximate surface area is 164 Å². The van der Waals surface area contributed by atoms with Gasteiger partial charge in [-0.2, -0.15) is 0 Å². The van der Waals surface area contributed by atoms with Crippen LogP contribution in [0.1, 0.15) is 26.3 Å². The van der Waals surface area contributed by atoms with Gasteiger partial charge in [0.2, 0.25) is 11.8 Å². The van der Waals surface area contributed by atoms with E-state index in [9.17, 15) is 9.59 Å². The molecule has 1 saturated heterocycles. The molecule has 0 saturated carbocycles. The fourth-order valence-corrected chi connectivity index (χ4v) is 3.22. The summed E-state index contributed by atoms with van der Waals surface area (Å²) in [4.78, 5) is 28.5. The lowest BCUT2D eigenvalue weighted by atomic mass is 10.1.